The van der Waals surface area contributed by atoms with Gasteiger partial charge in [0, 0.05) is 29.7 Å². The standard InChI is InChI=1S/C14H14ClNO/c1-9(17)8-16-5-4-10-6-11-7-12(15)2-3-13(11)14(10)16/h2-5,7,9,17H,6,8H2,1H3/t9-/m0/s1. The Morgan fingerprint density at radius 2 is 2.18 bits per heavy atom. The third-order valence-electron chi connectivity index (χ3n) is 3.21. The van der Waals surface area contributed by atoms with Crippen LogP contribution < -0.4 is 0 Å². The Morgan fingerprint density at radius 3 is 2.94 bits per heavy atom. The molecule has 1 heterocycles. The molecule has 3 heteroatoms. The molecule has 88 valence electrons. The lowest BCUT2D eigenvalue weighted by Crippen LogP contribution is -2.11. The summed E-state index contributed by atoms with van der Waals surface area (Å²) < 4.78 is 2.12. The molecule has 1 N–H and O–H groups in total. The Kier molecular flexibility index (Phi) is 2.49. The fourth-order valence-corrected chi connectivity index (χ4v) is 2.76. The van der Waals surface area contributed by atoms with Gasteiger partial charge in [-0.15, -0.1) is 0 Å². The van der Waals surface area contributed by atoms with E-state index in [1.165, 1.54) is 22.4 Å². The van der Waals surface area contributed by atoms with E-state index in [2.05, 4.69) is 22.9 Å². The summed E-state index contributed by atoms with van der Waals surface area (Å²) in [6, 6.07) is 8.16. The van der Waals surface area contributed by atoms with E-state index in [0.717, 1.165) is 11.4 Å². The smallest absolute Gasteiger partial charge is 0.0691 e. The van der Waals surface area contributed by atoms with Crippen LogP contribution in [0.4, 0.5) is 0 Å². The van der Waals surface area contributed by atoms with Gasteiger partial charge in [0.2, 0.25) is 0 Å². The maximum absolute atomic E-state index is 9.51. The molecule has 0 fully saturated rings. The van der Waals surface area contributed by atoms with Crippen molar-refractivity contribution in [1.29, 1.82) is 0 Å². The van der Waals surface area contributed by atoms with Gasteiger partial charge in [-0.05, 0) is 36.2 Å². The summed E-state index contributed by atoms with van der Waals surface area (Å²) in [5, 5.41) is 10.3. The molecule has 1 aromatic carbocycles. The van der Waals surface area contributed by atoms with Crippen molar-refractivity contribution in [2.75, 3.05) is 0 Å². The zero-order valence-corrected chi connectivity index (χ0v) is 10.4. The summed E-state index contributed by atoms with van der Waals surface area (Å²) in [6.07, 6.45) is 2.66. The predicted octanol–water partition coefficient (Wildman–Crippen LogP) is 3.09. The van der Waals surface area contributed by atoms with Crippen LogP contribution in [-0.4, -0.2) is 15.8 Å². The quantitative estimate of drug-likeness (QED) is 0.740. The highest BCUT2D eigenvalue weighted by Gasteiger charge is 2.22. The molecule has 1 atom stereocenters. The number of aromatic nitrogens is 1. The van der Waals surface area contributed by atoms with E-state index in [-0.39, 0.29) is 6.10 Å². The summed E-state index contributed by atoms with van der Waals surface area (Å²) in [4.78, 5) is 0. The second kappa shape index (κ2) is 3.90. The first-order chi connectivity index (χ1) is 8.15. The topological polar surface area (TPSA) is 25.2 Å². The zero-order valence-electron chi connectivity index (χ0n) is 9.65. The summed E-state index contributed by atoms with van der Waals surface area (Å²) in [6.45, 7) is 2.45. The summed E-state index contributed by atoms with van der Waals surface area (Å²) in [5.41, 5.74) is 5.08. The lowest BCUT2D eigenvalue weighted by Gasteiger charge is -2.11. The van der Waals surface area contributed by atoms with Crippen molar-refractivity contribution in [3.63, 3.8) is 0 Å². The first-order valence-corrected chi connectivity index (χ1v) is 6.18. The number of rotatable bonds is 2. The molecule has 0 spiro atoms. The average Bonchev–Trinajstić information content (AvgIpc) is 2.77. The Labute approximate surface area is 105 Å². The predicted molar refractivity (Wildman–Crippen MR) is 69.4 cm³/mol. The minimum Gasteiger partial charge on any atom is -0.392 e. The van der Waals surface area contributed by atoms with Crippen molar-refractivity contribution in [3.8, 4) is 11.3 Å². The second-order valence-electron chi connectivity index (χ2n) is 4.67. The second-order valence-corrected chi connectivity index (χ2v) is 5.11. The molecule has 0 bridgehead atoms. The number of nitrogens with zero attached hydrogens (tertiary/aromatic N) is 1. The third-order valence-corrected chi connectivity index (χ3v) is 3.45. The Morgan fingerprint density at radius 1 is 1.35 bits per heavy atom. The average molecular weight is 248 g/mol. The highest BCUT2D eigenvalue weighted by molar-refractivity contribution is 6.30. The molecule has 0 amide bonds. The van der Waals surface area contributed by atoms with Gasteiger partial charge in [0.25, 0.3) is 0 Å². The van der Waals surface area contributed by atoms with Gasteiger partial charge in [-0.25, -0.2) is 0 Å². The molecule has 17 heavy (non-hydrogen) atoms. The minimum absolute atomic E-state index is 0.331. The lowest BCUT2D eigenvalue weighted by molar-refractivity contribution is 0.174. The van der Waals surface area contributed by atoms with E-state index in [1.807, 2.05) is 19.1 Å². The van der Waals surface area contributed by atoms with Gasteiger partial charge in [0.05, 0.1) is 11.8 Å². The number of hydrogen-bond acceptors (Lipinski definition) is 1. The van der Waals surface area contributed by atoms with Crippen LogP contribution in [0.5, 0.6) is 0 Å². The molecule has 2 nitrogen and oxygen atoms in total. The van der Waals surface area contributed by atoms with Gasteiger partial charge < -0.3 is 9.67 Å². The van der Waals surface area contributed by atoms with E-state index in [1.54, 1.807) is 0 Å². The molecule has 0 unspecified atom stereocenters. The van der Waals surface area contributed by atoms with Crippen molar-refractivity contribution in [2.45, 2.75) is 26.0 Å². The Balaban J connectivity index is 2.10. The molecule has 0 saturated heterocycles. The van der Waals surface area contributed by atoms with Crippen molar-refractivity contribution < 1.29 is 5.11 Å². The first-order valence-electron chi connectivity index (χ1n) is 5.80. The van der Waals surface area contributed by atoms with Crippen LogP contribution in [0.15, 0.2) is 30.5 Å². The van der Waals surface area contributed by atoms with Crippen molar-refractivity contribution >= 4 is 11.6 Å². The largest absolute Gasteiger partial charge is 0.392 e. The van der Waals surface area contributed by atoms with Gasteiger partial charge in [-0.3, -0.25) is 0 Å². The van der Waals surface area contributed by atoms with Crippen LogP contribution in [0.25, 0.3) is 11.3 Å². The van der Waals surface area contributed by atoms with Crippen LogP contribution in [0.3, 0.4) is 0 Å². The van der Waals surface area contributed by atoms with Crippen LogP contribution in [0.1, 0.15) is 18.1 Å². The fourth-order valence-electron chi connectivity index (χ4n) is 2.57. The molecule has 0 saturated carbocycles. The van der Waals surface area contributed by atoms with Crippen LogP contribution in [-0.2, 0) is 13.0 Å². The van der Waals surface area contributed by atoms with Crippen molar-refractivity contribution in [1.82, 2.24) is 4.57 Å². The number of aliphatic hydroxyl groups is 1. The van der Waals surface area contributed by atoms with Crippen LogP contribution in [0.2, 0.25) is 5.02 Å². The SMILES string of the molecule is C[C@H](O)Cn1ccc2c1-c1ccc(Cl)cc1C2. The monoisotopic (exact) mass is 247 g/mol. The minimum atomic E-state index is -0.331. The molecule has 2 aromatic rings. The fraction of sp³-hybridized carbons (Fsp3) is 0.286. The van der Waals surface area contributed by atoms with Gasteiger partial charge in [-0.2, -0.15) is 0 Å². The maximum Gasteiger partial charge on any atom is 0.0691 e. The summed E-state index contributed by atoms with van der Waals surface area (Å²) in [7, 11) is 0. The summed E-state index contributed by atoms with van der Waals surface area (Å²) >= 11 is 6.01. The maximum atomic E-state index is 9.51. The van der Waals surface area contributed by atoms with Crippen LogP contribution in [0, 0.1) is 0 Å². The van der Waals surface area contributed by atoms with E-state index < -0.39 is 0 Å². The summed E-state index contributed by atoms with van der Waals surface area (Å²) in [5.74, 6) is 0. The van der Waals surface area contributed by atoms with E-state index >= 15 is 0 Å². The molecule has 0 radical (unpaired) electrons. The number of hydrogen-bond donors (Lipinski definition) is 1. The molecule has 3 rings (SSSR count). The van der Waals surface area contributed by atoms with E-state index in [4.69, 9.17) is 11.6 Å². The number of benzene rings is 1. The highest BCUT2D eigenvalue weighted by Crippen LogP contribution is 2.38. The molecular formula is C14H14ClNO. The van der Waals surface area contributed by atoms with Crippen molar-refractivity contribution in [3.05, 3.63) is 46.6 Å². The lowest BCUT2D eigenvalue weighted by atomic mass is 10.1. The number of halogens is 1. The van der Waals surface area contributed by atoms with Crippen LogP contribution >= 0.6 is 11.6 Å². The van der Waals surface area contributed by atoms with Gasteiger partial charge >= 0.3 is 0 Å². The number of fused-ring (bicyclic) bond motifs is 3. The van der Waals surface area contributed by atoms with E-state index in [0.29, 0.717) is 6.54 Å². The normalized spacial score (nSPS) is 14.5. The third kappa shape index (κ3) is 1.78. The van der Waals surface area contributed by atoms with E-state index in [9.17, 15) is 5.11 Å². The first kappa shape index (κ1) is 10.9. The molecule has 1 aromatic heterocycles. The Bertz CT molecular complexity index is 572. The Hall–Kier alpha value is -1.25. The molecule has 1 aliphatic carbocycles. The van der Waals surface area contributed by atoms with Gasteiger partial charge in [0.1, 0.15) is 0 Å². The molecule has 0 aliphatic heterocycles. The van der Waals surface area contributed by atoms with Gasteiger partial charge in [0.15, 0.2) is 0 Å². The van der Waals surface area contributed by atoms with Gasteiger partial charge in [-0.1, -0.05) is 17.7 Å². The molecular weight excluding hydrogens is 234 g/mol. The zero-order chi connectivity index (χ0) is 12.0. The van der Waals surface area contributed by atoms with Crippen molar-refractivity contribution in [2.24, 2.45) is 0 Å². The number of aliphatic hydroxyl groups excluding tert-OH is 1. The molecule has 1 aliphatic rings. The highest BCUT2D eigenvalue weighted by atomic mass is 35.5.